The number of fused-ring (bicyclic) bond motifs is 3. The van der Waals surface area contributed by atoms with Crippen LogP contribution in [-0.4, -0.2) is 72.6 Å². The first kappa shape index (κ1) is 43.2. The number of aromatic hydroxyl groups is 1. The van der Waals surface area contributed by atoms with Crippen LogP contribution in [0.25, 0.3) is 6.08 Å². The Kier molecular flexibility index (Phi) is 13.9. The molecule has 2 aliphatic heterocycles. The van der Waals surface area contributed by atoms with E-state index < -0.39 is 56.8 Å². The first-order chi connectivity index (χ1) is 27.7. The number of allylic oxidation sites excluding steroid dienone is 1. The van der Waals surface area contributed by atoms with Gasteiger partial charge in [0.05, 0.1) is 24.5 Å². The highest BCUT2D eigenvalue weighted by Crippen LogP contribution is 2.51. The SMILES string of the molecule is CCC/C(=C\c1ccc(O)c(F)c1)CC[C@H]1OB(O)C[C@H]2C1=C(CO[Si](c1ccccc1)(c1ccccc1)C(C)(C)C)C[C@H]1C(=O)N(CCCCCC(=O)O)C(=O)[C@H]12. The van der Waals surface area contributed by atoms with Gasteiger partial charge in [-0.2, -0.15) is 0 Å². The fourth-order valence-electron chi connectivity index (χ4n) is 9.62. The molecule has 3 aliphatic rings. The van der Waals surface area contributed by atoms with E-state index in [1.807, 2.05) is 42.5 Å². The van der Waals surface area contributed by atoms with E-state index in [1.165, 1.54) is 17.0 Å². The Morgan fingerprint density at radius 2 is 1.62 bits per heavy atom. The molecule has 9 nitrogen and oxygen atoms in total. The third kappa shape index (κ3) is 9.25. The van der Waals surface area contributed by atoms with Crippen LogP contribution in [0.3, 0.4) is 0 Å². The number of carboxylic acid groups (broad SMARTS) is 1. The number of nitrogens with zero attached hydrogens (tertiary/aromatic N) is 1. The predicted molar refractivity (Wildman–Crippen MR) is 226 cm³/mol. The first-order valence-electron chi connectivity index (χ1n) is 20.8. The summed E-state index contributed by atoms with van der Waals surface area (Å²) in [4.78, 5) is 41.0. The van der Waals surface area contributed by atoms with Gasteiger partial charge in [-0.3, -0.25) is 19.3 Å². The van der Waals surface area contributed by atoms with E-state index in [9.17, 15) is 28.9 Å². The number of likely N-dealkylation sites (tertiary alicyclic amines) is 1. The number of imide groups is 1. The van der Waals surface area contributed by atoms with E-state index >= 15 is 0 Å². The maximum atomic E-state index is 14.3. The van der Waals surface area contributed by atoms with Crippen LogP contribution in [0.2, 0.25) is 11.4 Å². The smallest absolute Gasteiger partial charge is 0.455 e. The zero-order valence-electron chi connectivity index (χ0n) is 34.2. The van der Waals surface area contributed by atoms with Gasteiger partial charge in [0.2, 0.25) is 11.8 Å². The van der Waals surface area contributed by atoms with Gasteiger partial charge in [-0.15, -0.1) is 0 Å². The maximum Gasteiger partial charge on any atom is 0.455 e. The Morgan fingerprint density at radius 1 is 0.948 bits per heavy atom. The second kappa shape index (κ2) is 18.7. The van der Waals surface area contributed by atoms with Crippen molar-refractivity contribution in [2.75, 3.05) is 13.2 Å². The first-order valence-corrected chi connectivity index (χ1v) is 22.7. The summed E-state index contributed by atoms with van der Waals surface area (Å²) in [5.41, 5.74) is 3.56. The van der Waals surface area contributed by atoms with Crippen molar-refractivity contribution >= 4 is 49.7 Å². The Morgan fingerprint density at radius 3 is 2.22 bits per heavy atom. The quantitative estimate of drug-likeness (QED) is 0.0553. The third-order valence-corrected chi connectivity index (χ3v) is 17.2. The van der Waals surface area contributed by atoms with Crippen LogP contribution < -0.4 is 10.4 Å². The Bertz CT molecular complexity index is 1960. The van der Waals surface area contributed by atoms with Crippen molar-refractivity contribution in [3.05, 3.63) is 107 Å². The molecule has 1 aliphatic carbocycles. The standard InChI is InChI=1S/C46H57BFNO8Si/c1-5-15-31(26-32-21-23-39(50)38(48)27-32)22-24-40-42-33(30-56-58(46(2,3)4,34-16-9-6-10-17-34)35-18-11-7-12-19-35)28-36-43(37(42)29-47(55)57-40)45(54)49(44(36)53)25-14-8-13-20-41(51)52/h6-7,9-12,16-19,21,23,26-27,36-37,40,43,50,55H,5,8,13-15,20,22,24-25,28-30H2,1-4H3,(H,51,52)/b31-26+/t36-,37+,40-,43-/m1/s1. The van der Waals surface area contributed by atoms with E-state index in [1.54, 1.807) is 6.07 Å². The zero-order valence-corrected chi connectivity index (χ0v) is 35.2. The molecule has 12 heteroatoms. The summed E-state index contributed by atoms with van der Waals surface area (Å²) >= 11 is 0. The number of halogens is 1. The molecule has 3 aromatic carbocycles. The van der Waals surface area contributed by atoms with E-state index in [0.29, 0.717) is 44.1 Å². The van der Waals surface area contributed by atoms with Crippen LogP contribution in [0.4, 0.5) is 4.39 Å². The summed E-state index contributed by atoms with van der Waals surface area (Å²) in [5, 5.41) is 32.1. The highest BCUT2D eigenvalue weighted by atomic mass is 28.4. The van der Waals surface area contributed by atoms with Crippen molar-refractivity contribution in [1.29, 1.82) is 0 Å². The maximum absolute atomic E-state index is 14.3. The van der Waals surface area contributed by atoms with Gasteiger partial charge in [-0.1, -0.05) is 119 Å². The van der Waals surface area contributed by atoms with Gasteiger partial charge in [0.15, 0.2) is 11.6 Å². The fraction of sp³-hybridized carbons (Fsp3) is 0.457. The van der Waals surface area contributed by atoms with Crippen molar-refractivity contribution in [3.8, 4) is 5.75 Å². The molecule has 0 bridgehead atoms. The number of unbranched alkanes of at least 4 members (excludes halogenated alkanes) is 2. The Hall–Kier alpha value is -4.36. The summed E-state index contributed by atoms with van der Waals surface area (Å²) in [7, 11) is -4.17. The number of carbonyl (C=O) groups is 3. The predicted octanol–water partition coefficient (Wildman–Crippen LogP) is 7.51. The molecule has 308 valence electrons. The highest BCUT2D eigenvalue weighted by molar-refractivity contribution is 6.99. The lowest BCUT2D eigenvalue weighted by Crippen LogP contribution is -2.66. The van der Waals surface area contributed by atoms with E-state index in [2.05, 4.69) is 52.0 Å². The van der Waals surface area contributed by atoms with Crippen LogP contribution >= 0.6 is 0 Å². The molecule has 4 atom stereocenters. The number of phenols is 1. The minimum absolute atomic E-state index is 0.0391. The number of hydrogen-bond donors (Lipinski definition) is 3. The zero-order chi connectivity index (χ0) is 41.6. The monoisotopic (exact) mass is 809 g/mol. The molecule has 2 saturated heterocycles. The minimum atomic E-state index is -3.02. The number of benzene rings is 3. The topological polar surface area (TPSA) is 134 Å². The van der Waals surface area contributed by atoms with Crippen LogP contribution in [0.15, 0.2) is 95.6 Å². The average Bonchev–Trinajstić information content (AvgIpc) is 3.43. The average molecular weight is 810 g/mol. The molecule has 0 aromatic heterocycles. The van der Waals surface area contributed by atoms with Gasteiger partial charge in [0, 0.05) is 13.0 Å². The molecule has 0 unspecified atom stereocenters. The lowest BCUT2D eigenvalue weighted by atomic mass is 9.58. The normalized spacial score (nSPS) is 21.4. The lowest BCUT2D eigenvalue weighted by molar-refractivity contribution is -0.141. The van der Waals surface area contributed by atoms with Gasteiger partial charge in [-0.05, 0) is 95.0 Å². The van der Waals surface area contributed by atoms with Gasteiger partial charge in [-0.25, -0.2) is 4.39 Å². The molecule has 2 amide bonds. The van der Waals surface area contributed by atoms with Crippen LogP contribution in [0.1, 0.15) is 91.0 Å². The van der Waals surface area contributed by atoms with Crippen molar-refractivity contribution < 1.29 is 43.1 Å². The second-order valence-electron chi connectivity index (χ2n) is 17.1. The molecule has 3 aromatic rings. The summed E-state index contributed by atoms with van der Waals surface area (Å²) in [6.45, 7) is 9.18. The number of carboxylic acids is 1. The molecule has 0 spiro atoms. The number of aliphatic carboxylic acids is 1. The molecule has 2 heterocycles. The lowest BCUT2D eigenvalue weighted by Gasteiger charge is -2.46. The van der Waals surface area contributed by atoms with Crippen molar-refractivity contribution in [2.45, 2.75) is 103 Å². The Labute approximate surface area is 343 Å². The van der Waals surface area contributed by atoms with E-state index in [0.717, 1.165) is 39.9 Å². The van der Waals surface area contributed by atoms with Crippen molar-refractivity contribution in [2.24, 2.45) is 17.8 Å². The minimum Gasteiger partial charge on any atom is -0.505 e. The third-order valence-electron chi connectivity index (χ3n) is 12.2. The number of amides is 2. The van der Waals surface area contributed by atoms with Gasteiger partial charge >= 0.3 is 13.1 Å². The second-order valence-corrected chi connectivity index (χ2v) is 21.4. The van der Waals surface area contributed by atoms with Crippen molar-refractivity contribution in [3.63, 3.8) is 0 Å². The van der Waals surface area contributed by atoms with Crippen LogP contribution in [0.5, 0.6) is 5.75 Å². The van der Waals surface area contributed by atoms with Crippen LogP contribution in [0, 0.1) is 23.6 Å². The Balaban J connectivity index is 1.39. The largest absolute Gasteiger partial charge is 0.505 e. The van der Waals surface area contributed by atoms with Gasteiger partial charge in [0.25, 0.3) is 8.32 Å². The molecular weight excluding hydrogens is 752 g/mol. The number of carbonyl (C=O) groups excluding carboxylic acids is 2. The summed E-state index contributed by atoms with van der Waals surface area (Å²) in [6, 6.07) is 25.0. The van der Waals surface area contributed by atoms with Crippen molar-refractivity contribution in [1.82, 2.24) is 4.90 Å². The van der Waals surface area contributed by atoms with E-state index in [4.69, 9.17) is 14.2 Å². The van der Waals surface area contributed by atoms with Gasteiger partial charge in [0.1, 0.15) is 0 Å². The van der Waals surface area contributed by atoms with Gasteiger partial charge < -0.3 is 24.3 Å². The summed E-state index contributed by atoms with van der Waals surface area (Å²) in [5.74, 6) is -4.12. The highest BCUT2D eigenvalue weighted by Gasteiger charge is 2.58. The number of phenolic OH excluding ortho intramolecular Hbond substituents is 1. The summed E-state index contributed by atoms with van der Waals surface area (Å²) < 4.78 is 28.2. The van der Waals surface area contributed by atoms with E-state index in [-0.39, 0.29) is 42.7 Å². The molecule has 58 heavy (non-hydrogen) atoms. The molecule has 3 N–H and O–H groups in total. The molecule has 2 fully saturated rings. The fourth-order valence-corrected chi connectivity index (χ4v) is 14.2. The number of hydrogen-bond acceptors (Lipinski definition) is 7. The summed E-state index contributed by atoms with van der Waals surface area (Å²) in [6.07, 6.45) is 6.18. The molecule has 0 radical (unpaired) electrons. The molecule has 0 saturated carbocycles. The number of rotatable bonds is 17. The molecule has 6 rings (SSSR count). The molecular formula is C46H57BFNO8Si. The van der Waals surface area contributed by atoms with Crippen LogP contribution in [-0.2, 0) is 23.5 Å².